The maximum Gasteiger partial charge on any atom is 0.337 e. The van der Waals surface area contributed by atoms with Crippen molar-refractivity contribution in [1.82, 2.24) is 5.32 Å². The van der Waals surface area contributed by atoms with Crippen molar-refractivity contribution >= 4 is 17.8 Å². The smallest absolute Gasteiger partial charge is 0.337 e. The lowest BCUT2D eigenvalue weighted by Crippen LogP contribution is -2.39. The number of amides is 1. The SMILES string of the molecule is CCOC(=O)C(C)NC(=O)CCc1ccc(C(=O)OC)cc1. The zero-order valence-corrected chi connectivity index (χ0v) is 13.0. The maximum absolute atomic E-state index is 11.8. The van der Waals surface area contributed by atoms with Gasteiger partial charge in [-0.15, -0.1) is 0 Å². The van der Waals surface area contributed by atoms with E-state index in [-0.39, 0.29) is 18.9 Å². The van der Waals surface area contributed by atoms with E-state index in [1.54, 1.807) is 38.1 Å². The third-order valence-corrected chi connectivity index (χ3v) is 3.03. The number of aryl methyl sites for hydroxylation is 1. The number of carbonyl (C=O) groups excluding carboxylic acids is 3. The Kier molecular flexibility index (Phi) is 7.08. The van der Waals surface area contributed by atoms with Gasteiger partial charge in [-0.3, -0.25) is 4.79 Å². The highest BCUT2D eigenvalue weighted by Gasteiger charge is 2.16. The molecule has 120 valence electrons. The standard InChI is InChI=1S/C16H21NO5/c1-4-22-15(19)11(2)17-14(18)10-7-12-5-8-13(9-6-12)16(20)21-3/h5-6,8-9,11H,4,7,10H2,1-3H3,(H,17,18). The molecule has 1 atom stereocenters. The first-order valence-electron chi connectivity index (χ1n) is 7.11. The summed E-state index contributed by atoms with van der Waals surface area (Å²) >= 11 is 0. The molecule has 0 saturated carbocycles. The number of hydrogen-bond donors (Lipinski definition) is 1. The molecular formula is C16H21NO5. The Morgan fingerprint density at radius 1 is 1.18 bits per heavy atom. The molecule has 0 aliphatic heterocycles. The quantitative estimate of drug-likeness (QED) is 0.772. The number of methoxy groups -OCH3 is 1. The predicted octanol–water partition coefficient (Wildman–Crippen LogP) is 1.47. The molecule has 0 fully saturated rings. The molecule has 6 nitrogen and oxygen atoms in total. The number of esters is 2. The molecular weight excluding hydrogens is 286 g/mol. The minimum Gasteiger partial charge on any atom is -0.465 e. The summed E-state index contributed by atoms with van der Waals surface area (Å²) in [6.07, 6.45) is 0.768. The molecule has 0 bridgehead atoms. The fourth-order valence-corrected chi connectivity index (χ4v) is 1.82. The van der Waals surface area contributed by atoms with Crippen LogP contribution in [-0.4, -0.2) is 37.6 Å². The van der Waals surface area contributed by atoms with Gasteiger partial charge in [0.2, 0.25) is 5.91 Å². The second kappa shape index (κ2) is 8.81. The zero-order chi connectivity index (χ0) is 16.5. The molecule has 1 amide bonds. The third-order valence-electron chi connectivity index (χ3n) is 3.03. The number of ether oxygens (including phenoxy) is 2. The molecule has 1 unspecified atom stereocenters. The van der Waals surface area contributed by atoms with Gasteiger partial charge in [0.1, 0.15) is 6.04 Å². The molecule has 0 spiro atoms. The van der Waals surface area contributed by atoms with Gasteiger partial charge in [-0.2, -0.15) is 0 Å². The summed E-state index contributed by atoms with van der Waals surface area (Å²) in [5.41, 5.74) is 1.39. The number of rotatable bonds is 7. The van der Waals surface area contributed by atoms with Crippen LogP contribution in [0.5, 0.6) is 0 Å². The van der Waals surface area contributed by atoms with E-state index in [0.717, 1.165) is 5.56 Å². The van der Waals surface area contributed by atoms with E-state index in [1.807, 2.05) is 0 Å². The lowest BCUT2D eigenvalue weighted by Gasteiger charge is -2.12. The highest BCUT2D eigenvalue weighted by atomic mass is 16.5. The molecule has 0 aliphatic rings. The summed E-state index contributed by atoms with van der Waals surface area (Å²) in [6, 6.07) is 6.19. The van der Waals surface area contributed by atoms with Gasteiger partial charge in [0, 0.05) is 6.42 Å². The van der Waals surface area contributed by atoms with Gasteiger partial charge in [-0.1, -0.05) is 12.1 Å². The molecule has 1 aromatic rings. The summed E-state index contributed by atoms with van der Waals surface area (Å²) in [7, 11) is 1.32. The molecule has 1 rings (SSSR count). The first kappa shape index (κ1) is 17.7. The van der Waals surface area contributed by atoms with Crippen LogP contribution in [0.4, 0.5) is 0 Å². The summed E-state index contributed by atoms with van der Waals surface area (Å²) < 4.78 is 9.43. The average molecular weight is 307 g/mol. The van der Waals surface area contributed by atoms with Crippen LogP contribution in [-0.2, 0) is 25.5 Å². The number of hydrogen-bond acceptors (Lipinski definition) is 5. The normalized spacial score (nSPS) is 11.4. The first-order valence-corrected chi connectivity index (χ1v) is 7.11. The van der Waals surface area contributed by atoms with E-state index < -0.39 is 18.0 Å². The largest absolute Gasteiger partial charge is 0.465 e. The van der Waals surface area contributed by atoms with Crippen LogP contribution >= 0.6 is 0 Å². The highest BCUT2D eigenvalue weighted by Crippen LogP contribution is 2.08. The molecule has 0 heterocycles. The molecule has 1 aromatic carbocycles. The molecule has 0 aromatic heterocycles. The Labute approximate surface area is 129 Å². The van der Waals surface area contributed by atoms with Crippen LogP contribution in [0.15, 0.2) is 24.3 Å². The second-order valence-electron chi connectivity index (χ2n) is 4.73. The van der Waals surface area contributed by atoms with Gasteiger partial charge in [0.05, 0.1) is 19.3 Å². The van der Waals surface area contributed by atoms with Crippen molar-refractivity contribution in [2.75, 3.05) is 13.7 Å². The molecule has 0 radical (unpaired) electrons. The minimum absolute atomic E-state index is 0.224. The van der Waals surface area contributed by atoms with E-state index in [9.17, 15) is 14.4 Å². The van der Waals surface area contributed by atoms with Crippen LogP contribution in [0.25, 0.3) is 0 Å². The number of nitrogens with one attached hydrogen (secondary N) is 1. The zero-order valence-electron chi connectivity index (χ0n) is 13.0. The Bertz CT molecular complexity index is 524. The van der Waals surface area contributed by atoms with Crippen LogP contribution < -0.4 is 5.32 Å². The topological polar surface area (TPSA) is 81.7 Å². The summed E-state index contributed by atoms with van der Waals surface area (Å²) in [4.78, 5) is 34.5. The summed E-state index contributed by atoms with van der Waals surface area (Å²) in [6.45, 7) is 3.58. The average Bonchev–Trinajstić information content (AvgIpc) is 2.52. The van der Waals surface area contributed by atoms with Crippen molar-refractivity contribution in [2.45, 2.75) is 32.7 Å². The number of carbonyl (C=O) groups is 3. The van der Waals surface area contributed by atoms with E-state index >= 15 is 0 Å². The van der Waals surface area contributed by atoms with Gasteiger partial charge >= 0.3 is 11.9 Å². The highest BCUT2D eigenvalue weighted by molar-refractivity contribution is 5.89. The lowest BCUT2D eigenvalue weighted by atomic mass is 10.1. The fourth-order valence-electron chi connectivity index (χ4n) is 1.82. The Hall–Kier alpha value is -2.37. The van der Waals surface area contributed by atoms with E-state index in [0.29, 0.717) is 12.0 Å². The van der Waals surface area contributed by atoms with Gasteiger partial charge in [-0.25, -0.2) is 9.59 Å². The van der Waals surface area contributed by atoms with Crippen molar-refractivity contribution in [3.8, 4) is 0 Å². The second-order valence-corrected chi connectivity index (χ2v) is 4.73. The van der Waals surface area contributed by atoms with Crippen LogP contribution in [0.2, 0.25) is 0 Å². The van der Waals surface area contributed by atoms with Crippen LogP contribution in [0.3, 0.4) is 0 Å². The van der Waals surface area contributed by atoms with Gasteiger partial charge in [0.15, 0.2) is 0 Å². The van der Waals surface area contributed by atoms with Crippen molar-refractivity contribution in [2.24, 2.45) is 0 Å². The van der Waals surface area contributed by atoms with Crippen molar-refractivity contribution in [3.05, 3.63) is 35.4 Å². The van der Waals surface area contributed by atoms with Crippen LogP contribution in [0.1, 0.15) is 36.2 Å². The predicted molar refractivity (Wildman–Crippen MR) is 80.3 cm³/mol. The first-order chi connectivity index (χ1) is 10.5. The lowest BCUT2D eigenvalue weighted by molar-refractivity contribution is -0.146. The van der Waals surface area contributed by atoms with E-state index in [1.165, 1.54) is 7.11 Å². The van der Waals surface area contributed by atoms with Gasteiger partial charge < -0.3 is 14.8 Å². The van der Waals surface area contributed by atoms with Crippen molar-refractivity contribution in [1.29, 1.82) is 0 Å². The molecule has 0 aliphatic carbocycles. The monoisotopic (exact) mass is 307 g/mol. The Balaban J connectivity index is 2.44. The fraction of sp³-hybridized carbons (Fsp3) is 0.438. The van der Waals surface area contributed by atoms with Gasteiger partial charge in [0.25, 0.3) is 0 Å². The molecule has 0 saturated heterocycles. The Morgan fingerprint density at radius 2 is 1.82 bits per heavy atom. The third kappa shape index (κ3) is 5.55. The van der Waals surface area contributed by atoms with Crippen molar-refractivity contribution in [3.63, 3.8) is 0 Å². The minimum atomic E-state index is -0.658. The summed E-state index contributed by atoms with van der Waals surface area (Å²) in [5.74, 6) is -1.07. The van der Waals surface area contributed by atoms with E-state index in [2.05, 4.69) is 10.1 Å². The van der Waals surface area contributed by atoms with Crippen LogP contribution in [0, 0.1) is 0 Å². The Morgan fingerprint density at radius 3 is 2.36 bits per heavy atom. The number of benzene rings is 1. The van der Waals surface area contributed by atoms with E-state index in [4.69, 9.17) is 4.74 Å². The summed E-state index contributed by atoms with van der Waals surface area (Å²) in [5, 5.41) is 2.59. The maximum atomic E-state index is 11.8. The molecule has 22 heavy (non-hydrogen) atoms. The van der Waals surface area contributed by atoms with Crippen molar-refractivity contribution < 1.29 is 23.9 Å². The molecule has 6 heteroatoms. The van der Waals surface area contributed by atoms with Gasteiger partial charge in [-0.05, 0) is 38.0 Å². The molecule has 1 N–H and O–H groups in total.